The molecular weight excluding hydrogens is 550 g/mol. The lowest BCUT2D eigenvalue weighted by Crippen LogP contribution is -2.34. The molecule has 3 aromatic carbocycles. The van der Waals surface area contributed by atoms with E-state index in [0.717, 1.165) is 28.8 Å². The fraction of sp³-hybridized carbons (Fsp3) is 0.310. The summed E-state index contributed by atoms with van der Waals surface area (Å²) in [6.45, 7) is 3.50. The fourth-order valence-electron chi connectivity index (χ4n) is 4.39. The lowest BCUT2D eigenvalue weighted by atomic mass is 9.94. The number of carbonyl (C=O) groups is 1. The number of alkyl halides is 6. The number of ether oxygens (including phenoxy) is 1. The van der Waals surface area contributed by atoms with E-state index in [1.165, 1.54) is 24.3 Å². The molecule has 0 heterocycles. The van der Waals surface area contributed by atoms with Crippen molar-refractivity contribution in [1.82, 2.24) is 5.32 Å². The number of rotatable bonds is 10. The van der Waals surface area contributed by atoms with Gasteiger partial charge < -0.3 is 21.6 Å². The Labute approximate surface area is 233 Å². The van der Waals surface area contributed by atoms with Gasteiger partial charge in [-0.2, -0.15) is 31.4 Å². The first kappa shape index (κ1) is 31.3. The van der Waals surface area contributed by atoms with Gasteiger partial charge >= 0.3 is 12.4 Å². The predicted octanol–water partition coefficient (Wildman–Crippen LogP) is 6.80. The predicted molar refractivity (Wildman–Crippen MR) is 144 cm³/mol. The van der Waals surface area contributed by atoms with Crippen LogP contribution in [0.1, 0.15) is 58.0 Å². The molecule has 0 fully saturated rings. The van der Waals surface area contributed by atoms with Crippen molar-refractivity contribution in [1.29, 1.82) is 0 Å². The number of amides is 1. The van der Waals surface area contributed by atoms with Crippen molar-refractivity contribution < 1.29 is 35.9 Å². The maximum atomic E-state index is 13.0. The first-order chi connectivity index (χ1) is 19.2. The Kier molecular flexibility index (Phi) is 9.90. The van der Waals surface area contributed by atoms with E-state index in [0.29, 0.717) is 22.4 Å². The third-order valence-electron chi connectivity index (χ3n) is 6.35. The lowest BCUT2D eigenvalue weighted by molar-refractivity contribution is -0.138. The zero-order valence-electron chi connectivity index (χ0n) is 22.4. The van der Waals surface area contributed by atoms with E-state index in [1.54, 1.807) is 38.1 Å². The molecule has 0 bridgehead atoms. The molecule has 41 heavy (non-hydrogen) atoms. The molecule has 0 aliphatic rings. The standard InChI is InChI=1S/C29H30F6N4O2/c1-17-14-23(15-18(2)26(17)20-9-11-22(12-10-20)29(33,34)35)41-24(4-3-13-28(30,31)32)19-5-7-21(8-6-19)27(40)38-16-25(36)39-37/h5-12,14-15,24H,3-4,13,16,37H2,1-2H3,(H2,36,39)(H,38,40). The molecule has 0 spiro atoms. The third kappa shape index (κ3) is 8.89. The number of carbonyl (C=O) groups excluding carboxylic acids is 1. The number of aryl methyl sites for hydroxylation is 2. The number of nitrogens with one attached hydrogen (secondary N) is 1. The van der Waals surface area contributed by atoms with E-state index < -0.39 is 36.3 Å². The quantitative estimate of drug-likeness (QED) is 0.0807. The summed E-state index contributed by atoms with van der Waals surface area (Å²) in [5, 5.41) is 5.81. The van der Waals surface area contributed by atoms with Crippen molar-refractivity contribution in [3.8, 4) is 16.9 Å². The maximum absolute atomic E-state index is 13.0. The molecule has 1 atom stereocenters. The lowest BCUT2D eigenvalue weighted by Gasteiger charge is -2.22. The van der Waals surface area contributed by atoms with Gasteiger partial charge in [0.2, 0.25) is 0 Å². The molecule has 1 amide bonds. The van der Waals surface area contributed by atoms with Crippen LogP contribution >= 0.6 is 0 Å². The molecule has 3 aromatic rings. The molecule has 5 N–H and O–H groups in total. The van der Waals surface area contributed by atoms with Crippen molar-refractivity contribution in [2.24, 2.45) is 16.7 Å². The Morgan fingerprint density at radius 1 is 0.951 bits per heavy atom. The van der Waals surface area contributed by atoms with E-state index in [2.05, 4.69) is 10.4 Å². The molecule has 220 valence electrons. The van der Waals surface area contributed by atoms with Crippen LogP contribution in [0.2, 0.25) is 0 Å². The van der Waals surface area contributed by atoms with Crippen LogP contribution in [0.5, 0.6) is 5.75 Å². The molecule has 0 saturated carbocycles. The van der Waals surface area contributed by atoms with Gasteiger partial charge in [0, 0.05) is 12.0 Å². The summed E-state index contributed by atoms with van der Waals surface area (Å²) in [6.07, 6.45) is -10.6. The smallest absolute Gasteiger partial charge is 0.416 e. The Hall–Kier alpha value is -4.22. The molecule has 6 nitrogen and oxygen atoms in total. The molecular formula is C29H30F6N4O2. The molecule has 0 aliphatic heterocycles. The number of nitrogens with two attached hydrogens (primary N) is 2. The van der Waals surface area contributed by atoms with Crippen LogP contribution in [0.25, 0.3) is 11.1 Å². The van der Waals surface area contributed by atoms with Gasteiger partial charge in [-0.3, -0.25) is 4.79 Å². The molecule has 0 saturated heterocycles. The monoisotopic (exact) mass is 580 g/mol. The zero-order valence-corrected chi connectivity index (χ0v) is 22.4. The van der Waals surface area contributed by atoms with Gasteiger partial charge in [0.25, 0.3) is 5.91 Å². The first-order valence-corrected chi connectivity index (χ1v) is 12.6. The number of amidine groups is 1. The number of hydrazone groups is 1. The molecule has 0 aromatic heterocycles. The molecule has 12 heteroatoms. The average Bonchev–Trinajstić information content (AvgIpc) is 2.90. The molecule has 0 aliphatic carbocycles. The van der Waals surface area contributed by atoms with Gasteiger partial charge in [-0.05, 0) is 90.9 Å². The van der Waals surface area contributed by atoms with Crippen LogP contribution in [-0.4, -0.2) is 24.5 Å². The summed E-state index contributed by atoms with van der Waals surface area (Å²) in [5.41, 5.74) is 8.34. The third-order valence-corrected chi connectivity index (χ3v) is 6.35. The Morgan fingerprint density at radius 2 is 1.54 bits per heavy atom. The van der Waals surface area contributed by atoms with Crippen molar-refractivity contribution in [2.45, 2.75) is 51.6 Å². The highest BCUT2D eigenvalue weighted by Gasteiger charge is 2.30. The van der Waals surface area contributed by atoms with Gasteiger partial charge in [-0.1, -0.05) is 24.3 Å². The van der Waals surface area contributed by atoms with Crippen molar-refractivity contribution in [2.75, 3.05) is 6.54 Å². The summed E-state index contributed by atoms with van der Waals surface area (Å²) < 4.78 is 83.7. The Balaban J connectivity index is 1.84. The minimum absolute atomic E-state index is 0.0306. The van der Waals surface area contributed by atoms with Crippen molar-refractivity contribution >= 4 is 11.7 Å². The highest BCUT2D eigenvalue weighted by molar-refractivity contribution is 5.97. The zero-order chi connectivity index (χ0) is 30.4. The SMILES string of the molecule is Cc1cc(OC(CCCC(F)(F)F)c2ccc(C(=O)NC/C(N)=N/N)cc2)cc(C)c1-c1ccc(C(F)(F)F)cc1. The van der Waals surface area contributed by atoms with Gasteiger partial charge in [0.05, 0.1) is 12.1 Å². The van der Waals surface area contributed by atoms with E-state index in [1.807, 2.05) is 0 Å². The summed E-state index contributed by atoms with van der Waals surface area (Å²) in [4.78, 5) is 12.3. The van der Waals surface area contributed by atoms with Crippen molar-refractivity contribution in [3.63, 3.8) is 0 Å². The van der Waals surface area contributed by atoms with Crippen LogP contribution in [0.3, 0.4) is 0 Å². The van der Waals surface area contributed by atoms with E-state index in [9.17, 15) is 31.1 Å². The normalized spacial score (nSPS) is 13.1. The highest BCUT2D eigenvalue weighted by atomic mass is 19.4. The molecule has 1 unspecified atom stereocenters. The first-order valence-electron chi connectivity index (χ1n) is 12.6. The number of benzene rings is 3. The number of nitrogens with zero attached hydrogens (tertiary/aromatic N) is 1. The van der Waals surface area contributed by atoms with Crippen LogP contribution in [0.4, 0.5) is 26.3 Å². The summed E-state index contributed by atoms with van der Waals surface area (Å²) in [5.74, 6) is 5.03. The van der Waals surface area contributed by atoms with Crippen LogP contribution in [-0.2, 0) is 6.18 Å². The molecule has 3 rings (SSSR count). The fourth-order valence-corrected chi connectivity index (χ4v) is 4.39. The van der Waals surface area contributed by atoms with Gasteiger partial charge in [0.15, 0.2) is 0 Å². The second-order valence-electron chi connectivity index (χ2n) is 9.55. The topological polar surface area (TPSA) is 103 Å². The Bertz CT molecular complexity index is 1350. The molecule has 0 radical (unpaired) electrons. The van der Waals surface area contributed by atoms with Gasteiger partial charge in [0.1, 0.15) is 17.7 Å². The van der Waals surface area contributed by atoms with Crippen LogP contribution < -0.4 is 21.6 Å². The highest BCUT2D eigenvalue weighted by Crippen LogP contribution is 2.36. The number of halogens is 6. The summed E-state index contributed by atoms with van der Waals surface area (Å²) in [7, 11) is 0. The minimum Gasteiger partial charge on any atom is -0.486 e. The second kappa shape index (κ2) is 13.0. The number of hydrogen-bond acceptors (Lipinski definition) is 4. The van der Waals surface area contributed by atoms with Crippen molar-refractivity contribution in [3.05, 3.63) is 88.5 Å². The van der Waals surface area contributed by atoms with Gasteiger partial charge in [-0.25, -0.2) is 0 Å². The second-order valence-corrected chi connectivity index (χ2v) is 9.55. The van der Waals surface area contributed by atoms with Crippen LogP contribution in [0, 0.1) is 13.8 Å². The maximum Gasteiger partial charge on any atom is 0.416 e. The average molecular weight is 581 g/mol. The summed E-state index contributed by atoms with van der Waals surface area (Å²) in [6, 6.07) is 14.5. The number of hydrogen-bond donors (Lipinski definition) is 3. The van der Waals surface area contributed by atoms with E-state index in [-0.39, 0.29) is 25.2 Å². The summed E-state index contributed by atoms with van der Waals surface area (Å²) >= 11 is 0. The largest absolute Gasteiger partial charge is 0.486 e. The minimum atomic E-state index is -4.45. The van der Waals surface area contributed by atoms with E-state index >= 15 is 0 Å². The van der Waals surface area contributed by atoms with Gasteiger partial charge in [-0.15, -0.1) is 0 Å². The Morgan fingerprint density at radius 3 is 2.05 bits per heavy atom. The van der Waals surface area contributed by atoms with E-state index in [4.69, 9.17) is 16.3 Å². The van der Waals surface area contributed by atoms with Crippen LogP contribution in [0.15, 0.2) is 65.8 Å².